The highest BCUT2D eigenvalue weighted by atomic mass is 16.5. The Morgan fingerprint density at radius 3 is 2.38 bits per heavy atom. The van der Waals surface area contributed by atoms with Gasteiger partial charge in [-0.15, -0.1) is 0 Å². The van der Waals surface area contributed by atoms with Crippen LogP contribution in [0.5, 0.6) is 0 Å². The van der Waals surface area contributed by atoms with Crippen LogP contribution in [0, 0.1) is 0 Å². The number of rotatable bonds is 0. The summed E-state index contributed by atoms with van der Waals surface area (Å²) in [6.07, 6.45) is 0. The highest BCUT2D eigenvalue weighted by molar-refractivity contribution is 4.71. The highest BCUT2D eigenvalue weighted by Gasteiger charge is 2.29. The fourth-order valence-electron chi connectivity index (χ4n) is 0.746. The molecule has 0 atom stereocenters. The zero-order valence-electron chi connectivity index (χ0n) is 5.35. The average Bonchev–Trinajstić information content (AvgIpc) is 1.86. The van der Waals surface area contributed by atoms with E-state index < -0.39 is 0 Å². The lowest BCUT2D eigenvalue weighted by atomic mass is 10.3. The molecule has 1 aliphatic heterocycles. The van der Waals surface area contributed by atoms with E-state index in [1.54, 1.807) is 5.01 Å². The van der Waals surface area contributed by atoms with Crippen LogP contribution in [-0.4, -0.2) is 23.9 Å². The van der Waals surface area contributed by atoms with Crippen LogP contribution in [0.2, 0.25) is 0 Å². The fraction of sp³-hybridized carbons (Fsp3) is 1.00. The summed E-state index contributed by atoms with van der Waals surface area (Å²) in [7, 11) is 0. The molecule has 3 heteroatoms. The van der Waals surface area contributed by atoms with Gasteiger partial charge in [-0.2, -0.15) is 0 Å². The number of nitrogens with zero attached hydrogens (tertiary/aromatic N) is 1. The predicted molar refractivity (Wildman–Crippen MR) is 30.9 cm³/mol. The van der Waals surface area contributed by atoms with Crippen LogP contribution >= 0.6 is 0 Å². The molecule has 0 aromatic carbocycles. The lowest BCUT2D eigenvalue weighted by Gasteiger charge is -2.24. The number of ether oxygens (including phenoxy) is 1. The Morgan fingerprint density at radius 1 is 1.62 bits per heavy atom. The minimum atomic E-state index is -0.236. The van der Waals surface area contributed by atoms with E-state index in [4.69, 9.17) is 10.6 Å². The molecule has 0 aromatic heterocycles. The summed E-state index contributed by atoms with van der Waals surface area (Å²) in [4.78, 5) is 0. The predicted octanol–water partition coefficient (Wildman–Crippen LogP) is -0.0716. The molecule has 0 aliphatic carbocycles. The molecule has 1 fully saturated rings. The van der Waals surface area contributed by atoms with Gasteiger partial charge in [0, 0.05) is 6.54 Å². The van der Waals surface area contributed by atoms with Gasteiger partial charge in [0.2, 0.25) is 0 Å². The third kappa shape index (κ3) is 0.844. The quantitative estimate of drug-likeness (QED) is 0.450. The molecule has 0 radical (unpaired) electrons. The van der Waals surface area contributed by atoms with Gasteiger partial charge < -0.3 is 4.74 Å². The van der Waals surface area contributed by atoms with E-state index in [9.17, 15) is 0 Å². The van der Waals surface area contributed by atoms with Gasteiger partial charge in [-0.25, -0.2) is 5.01 Å². The Labute approximate surface area is 49.4 Å². The second-order valence-corrected chi connectivity index (χ2v) is 2.49. The van der Waals surface area contributed by atoms with Crippen molar-refractivity contribution in [2.45, 2.75) is 19.6 Å². The first-order valence-corrected chi connectivity index (χ1v) is 2.79. The van der Waals surface area contributed by atoms with Crippen molar-refractivity contribution in [1.29, 1.82) is 0 Å². The third-order valence-corrected chi connectivity index (χ3v) is 1.48. The van der Waals surface area contributed by atoms with Crippen LogP contribution in [0.15, 0.2) is 0 Å². The Balaban J connectivity index is 2.54. The Morgan fingerprint density at radius 2 is 2.25 bits per heavy atom. The number of hydrogen-bond donors (Lipinski definition) is 1. The molecule has 0 amide bonds. The van der Waals surface area contributed by atoms with Crippen LogP contribution in [-0.2, 0) is 4.74 Å². The maximum Gasteiger partial charge on any atom is 0.128 e. The second kappa shape index (κ2) is 1.69. The minimum absolute atomic E-state index is 0.236. The van der Waals surface area contributed by atoms with Crippen molar-refractivity contribution in [2.24, 2.45) is 5.84 Å². The minimum Gasteiger partial charge on any atom is -0.358 e. The topological polar surface area (TPSA) is 38.5 Å². The highest BCUT2D eigenvalue weighted by Crippen LogP contribution is 2.16. The van der Waals surface area contributed by atoms with Crippen LogP contribution < -0.4 is 5.84 Å². The molecule has 0 unspecified atom stereocenters. The lowest BCUT2D eigenvalue weighted by molar-refractivity contribution is -0.0506. The first-order chi connectivity index (χ1) is 3.63. The van der Waals surface area contributed by atoms with Gasteiger partial charge in [0.05, 0.1) is 6.61 Å². The molecule has 1 aliphatic rings. The summed E-state index contributed by atoms with van der Waals surface area (Å²) in [6.45, 7) is 5.51. The normalized spacial score (nSPS) is 28.9. The van der Waals surface area contributed by atoms with Gasteiger partial charge in [-0.05, 0) is 13.8 Å². The Hall–Kier alpha value is -0.120. The smallest absolute Gasteiger partial charge is 0.128 e. The molecular formula is C5H12N2O. The molecule has 1 heterocycles. The van der Waals surface area contributed by atoms with Gasteiger partial charge in [0.25, 0.3) is 0 Å². The van der Waals surface area contributed by atoms with Crippen LogP contribution in [0.1, 0.15) is 13.8 Å². The SMILES string of the molecule is CC1(C)OCCN1N. The van der Waals surface area contributed by atoms with E-state index in [-0.39, 0.29) is 5.72 Å². The molecule has 48 valence electrons. The molecule has 0 spiro atoms. The van der Waals surface area contributed by atoms with E-state index in [0.29, 0.717) is 0 Å². The maximum atomic E-state index is 5.52. The van der Waals surface area contributed by atoms with Crippen molar-refractivity contribution in [1.82, 2.24) is 5.01 Å². The Bertz CT molecular complexity index is 92.4. The molecule has 3 nitrogen and oxygen atoms in total. The molecule has 0 bridgehead atoms. The zero-order chi connectivity index (χ0) is 6.20. The summed E-state index contributed by atoms with van der Waals surface area (Å²) < 4.78 is 5.25. The van der Waals surface area contributed by atoms with E-state index in [2.05, 4.69) is 0 Å². The van der Waals surface area contributed by atoms with Gasteiger partial charge in [0.1, 0.15) is 5.72 Å². The summed E-state index contributed by atoms with van der Waals surface area (Å²) in [5.74, 6) is 5.52. The molecule has 0 saturated carbocycles. The van der Waals surface area contributed by atoms with E-state index in [1.807, 2.05) is 13.8 Å². The first-order valence-electron chi connectivity index (χ1n) is 2.79. The molecular weight excluding hydrogens is 104 g/mol. The number of nitrogens with two attached hydrogens (primary N) is 1. The van der Waals surface area contributed by atoms with Crippen LogP contribution in [0.4, 0.5) is 0 Å². The van der Waals surface area contributed by atoms with Crippen molar-refractivity contribution < 1.29 is 4.74 Å². The van der Waals surface area contributed by atoms with Crippen LogP contribution in [0.3, 0.4) is 0 Å². The number of hydrazine groups is 1. The molecule has 8 heavy (non-hydrogen) atoms. The molecule has 0 aromatic rings. The molecule has 1 saturated heterocycles. The third-order valence-electron chi connectivity index (χ3n) is 1.48. The first kappa shape index (κ1) is 6.01. The molecule has 2 N–H and O–H groups in total. The average molecular weight is 116 g/mol. The summed E-state index contributed by atoms with van der Waals surface area (Å²) in [5, 5.41) is 1.70. The number of hydrogen-bond acceptors (Lipinski definition) is 3. The van der Waals surface area contributed by atoms with E-state index >= 15 is 0 Å². The van der Waals surface area contributed by atoms with Crippen molar-refractivity contribution in [2.75, 3.05) is 13.2 Å². The molecule has 1 rings (SSSR count). The van der Waals surface area contributed by atoms with Crippen molar-refractivity contribution in [3.05, 3.63) is 0 Å². The maximum absolute atomic E-state index is 5.52. The second-order valence-electron chi connectivity index (χ2n) is 2.49. The lowest BCUT2D eigenvalue weighted by Crippen LogP contribution is -2.44. The fourth-order valence-corrected chi connectivity index (χ4v) is 0.746. The Kier molecular flexibility index (Phi) is 1.27. The van der Waals surface area contributed by atoms with Crippen molar-refractivity contribution in [3.8, 4) is 0 Å². The monoisotopic (exact) mass is 116 g/mol. The summed E-state index contributed by atoms with van der Waals surface area (Å²) >= 11 is 0. The summed E-state index contributed by atoms with van der Waals surface area (Å²) in [5.41, 5.74) is -0.236. The van der Waals surface area contributed by atoms with Gasteiger partial charge in [-0.3, -0.25) is 5.84 Å². The van der Waals surface area contributed by atoms with E-state index in [1.165, 1.54) is 0 Å². The summed E-state index contributed by atoms with van der Waals surface area (Å²) in [6, 6.07) is 0. The van der Waals surface area contributed by atoms with Crippen LogP contribution in [0.25, 0.3) is 0 Å². The van der Waals surface area contributed by atoms with Crippen molar-refractivity contribution >= 4 is 0 Å². The van der Waals surface area contributed by atoms with E-state index in [0.717, 1.165) is 13.2 Å². The van der Waals surface area contributed by atoms with Gasteiger partial charge in [-0.1, -0.05) is 0 Å². The van der Waals surface area contributed by atoms with Crippen molar-refractivity contribution in [3.63, 3.8) is 0 Å². The van der Waals surface area contributed by atoms with Gasteiger partial charge in [0.15, 0.2) is 0 Å². The standard InChI is InChI=1S/C5H12N2O/c1-5(2)7(6)3-4-8-5/h3-4,6H2,1-2H3. The largest absolute Gasteiger partial charge is 0.358 e. The zero-order valence-corrected chi connectivity index (χ0v) is 5.35. The van der Waals surface area contributed by atoms with Gasteiger partial charge >= 0.3 is 0 Å².